The van der Waals surface area contributed by atoms with Crippen LogP contribution in [-0.4, -0.2) is 36.9 Å². The van der Waals surface area contributed by atoms with Crippen LogP contribution < -0.4 is 10.6 Å². The molecule has 1 aromatic carbocycles. The molecule has 0 fully saturated rings. The first-order chi connectivity index (χ1) is 13.6. The SMILES string of the molecule is O=C(O)C=CC(=O)Nc1cc2c(Nc3ccc4ncsc4c3)ncnc2cn1. The van der Waals surface area contributed by atoms with E-state index in [-0.39, 0.29) is 5.82 Å². The molecular weight excluding hydrogens is 380 g/mol. The number of fused-ring (bicyclic) bond motifs is 2. The number of nitrogens with zero attached hydrogens (tertiary/aromatic N) is 4. The lowest BCUT2D eigenvalue weighted by molar-refractivity contribution is -0.131. The first kappa shape index (κ1) is 17.5. The number of amides is 1. The van der Waals surface area contributed by atoms with Gasteiger partial charge < -0.3 is 15.7 Å². The summed E-state index contributed by atoms with van der Waals surface area (Å²) in [5.74, 6) is -1.01. The van der Waals surface area contributed by atoms with Crippen LogP contribution in [0.1, 0.15) is 0 Å². The number of carbonyl (C=O) groups is 2. The van der Waals surface area contributed by atoms with Gasteiger partial charge in [0.15, 0.2) is 0 Å². The molecule has 0 aliphatic carbocycles. The summed E-state index contributed by atoms with van der Waals surface area (Å²) in [6.45, 7) is 0. The number of nitrogens with one attached hydrogen (secondary N) is 2. The molecular formula is C18H12N6O3S. The number of rotatable bonds is 5. The van der Waals surface area contributed by atoms with Gasteiger partial charge in [0.2, 0.25) is 5.91 Å². The van der Waals surface area contributed by atoms with E-state index in [0.29, 0.717) is 16.7 Å². The molecule has 1 amide bonds. The van der Waals surface area contributed by atoms with Crippen LogP contribution in [0.2, 0.25) is 0 Å². The molecule has 0 atom stereocenters. The second-order valence-electron chi connectivity index (χ2n) is 5.63. The second-order valence-corrected chi connectivity index (χ2v) is 6.52. The number of benzene rings is 1. The maximum Gasteiger partial charge on any atom is 0.328 e. The van der Waals surface area contributed by atoms with E-state index in [1.807, 2.05) is 18.2 Å². The molecule has 0 spiro atoms. The van der Waals surface area contributed by atoms with Gasteiger partial charge in [-0.15, -0.1) is 11.3 Å². The van der Waals surface area contributed by atoms with Crippen molar-refractivity contribution < 1.29 is 14.7 Å². The highest BCUT2D eigenvalue weighted by Gasteiger charge is 2.09. The lowest BCUT2D eigenvalue weighted by Gasteiger charge is -2.09. The Hall–Kier alpha value is -3.92. The van der Waals surface area contributed by atoms with Crippen molar-refractivity contribution >= 4 is 61.7 Å². The minimum atomic E-state index is -1.21. The Balaban J connectivity index is 1.64. The van der Waals surface area contributed by atoms with Crippen LogP contribution in [0.3, 0.4) is 0 Å². The van der Waals surface area contributed by atoms with Crippen LogP contribution >= 0.6 is 11.3 Å². The third-order valence-electron chi connectivity index (χ3n) is 3.74. The summed E-state index contributed by atoms with van der Waals surface area (Å²) in [6, 6.07) is 7.41. The zero-order valence-corrected chi connectivity index (χ0v) is 15.0. The first-order valence-corrected chi connectivity index (χ1v) is 8.89. The van der Waals surface area contributed by atoms with Crippen molar-refractivity contribution in [1.82, 2.24) is 19.9 Å². The van der Waals surface area contributed by atoms with E-state index >= 15 is 0 Å². The Morgan fingerprint density at radius 3 is 2.79 bits per heavy atom. The Labute approximate surface area is 161 Å². The number of thiazole rings is 1. The molecule has 0 saturated heterocycles. The summed E-state index contributed by atoms with van der Waals surface area (Å²) in [6.07, 6.45) is 4.59. The van der Waals surface area contributed by atoms with Gasteiger partial charge in [-0.3, -0.25) is 4.79 Å². The summed E-state index contributed by atoms with van der Waals surface area (Å²) >= 11 is 1.54. The van der Waals surface area contributed by atoms with Gasteiger partial charge in [0.1, 0.15) is 18.0 Å². The molecule has 9 nitrogen and oxygen atoms in total. The summed E-state index contributed by atoms with van der Waals surface area (Å²) < 4.78 is 1.04. The summed E-state index contributed by atoms with van der Waals surface area (Å²) in [4.78, 5) is 39.1. The van der Waals surface area contributed by atoms with Crippen LogP contribution in [0.25, 0.3) is 21.1 Å². The number of carbonyl (C=O) groups excluding carboxylic acids is 1. The quantitative estimate of drug-likeness (QED) is 0.442. The van der Waals surface area contributed by atoms with Gasteiger partial charge >= 0.3 is 5.97 Å². The van der Waals surface area contributed by atoms with Crippen LogP contribution in [0.5, 0.6) is 0 Å². The Kier molecular flexibility index (Phi) is 4.60. The molecule has 4 aromatic rings. The largest absolute Gasteiger partial charge is 0.478 e. The van der Waals surface area contributed by atoms with E-state index in [2.05, 4.69) is 30.6 Å². The number of aliphatic carboxylic acids is 1. The van der Waals surface area contributed by atoms with Crippen LogP contribution in [0.15, 0.2) is 54.5 Å². The smallest absolute Gasteiger partial charge is 0.328 e. The van der Waals surface area contributed by atoms with E-state index < -0.39 is 11.9 Å². The average molecular weight is 392 g/mol. The number of hydrogen-bond donors (Lipinski definition) is 3. The molecule has 10 heteroatoms. The number of carboxylic acids is 1. The topological polar surface area (TPSA) is 130 Å². The van der Waals surface area contributed by atoms with Crippen molar-refractivity contribution in [3.63, 3.8) is 0 Å². The fourth-order valence-electron chi connectivity index (χ4n) is 2.51. The maximum absolute atomic E-state index is 11.8. The number of pyridine rings is 1. The molecule has 0 aliphatic heterocycles. The van der Waals surface area contributed by atoms with E-state index in [0.717, 1.165) is 28.1 Å². The molecule has 0 radical (unpaired) electrons. The van der Waals surface area contributed by atoms with Gasteiger partial charge in [0.05, 0.1) is 27.4 Å². The molecule has 0 unspecified atom stereocenters. The predicted octanol–water partition coefficient (Wildman–Crippen LogP) is 2.96. The Morgan fingerprint density at radius 1 is 1.04 bits per heavy atom. The molecule has 28 heavy (non-hydrogen) atoms. The standard InChI is InChI=1S/C18H12N6O3S/c25-16(3-4-17(26)27)24-15-6-11-13(7-19-15)20-8-21-18(11)23-10-1-2-12-14(5-10)28-9-22-12/h1-9H,(H,26,27)(H,19,24,25)(H,20,21,23). The van der Waals surface area contributed by atoms with Crippen molar-refractivity contribution in [2.75, 3.05) is 10.6 Å². The minimum absolute atomic E-state index is 0.253. The summed E-state index contributed by atoms with van der Waals surface area (Å²) in [7, 11) is 0. The highest BCUT2D eigenvalue weighted by Crippen LogP contribution is 2.27. The third kappa shape index (κ3) is 3.76. The second kappa shape index (κ2) is 7.37. The Bertz CT molecular complexity index is 1240. The van der Waals surface area contributed by atoms with Gasteiger partial charge in [0, 0.05) is 23.2 Å². The highest BCUT2D eigenvalue weighted by atomic mass is 32.1. The predicted molar refractivity (Wildman–Crippen MR) is 106 cm³/mol. The van der Waals surface area contributed by atoms with Crippen LogP contribution in [-0.2, 0) is 9.59 Å². The van der Waals surface area contributed by atoms with Crippen LogP contribution in [0.4, 0.5) is 17.3 Å². The van der Waals surface area contributed by atoms with Gasteiger partial charge in [-0.1, -0.05) is 0 Å². The van der Waals surface area contributed by atoms with Crippen molar-refractivity contribution in [2.24, 2.45) is 0 Å². The van der Waals surface area contributed by atoms with E-state index in [9.17, 15) is 9.59 Å². The molecule has 3 N–H and O–H groups in total. The van der Waals surface area contributed by atoms with Gasteiger partial charge in [-0.25, -0.2) is 24.7 Å². The van der Waals surface area contributed by atoms with E-state index in [1.165, 1.54) is 12.5 Å². The lowest BCUT2D eigenvalue weighted by Crippen LogP contribution is -2.10. The maximum atomic E-state index is 11.8. The third-order valence-corrected chi connectivity index (χ3v) is 4.54. The van der Waals surface area contributed by atoms with Gasteiger partial charge in [-0.05, 0) is 24.3 Å². The van der Waals surface area contributed by atoms with E-state index in [1.54, 1.807) is 22.9 Å². The zero-order chi connectivity index (χ0) is 19.5. The molecule has 0 aliphatic rings. The van der Waals surface area contributed by atoms with Crippen molar-refractivity contribution in [2.45, 2.75) is 0 Å². The van der Waals surface area contributed by atoms with Crippen molar-refractivity contribution in [3.8, 4) is 0 Å². The first-order valence-electron chi connectivity index (χ1n) is 8.01. The molecule has 138 valence electrons. The minimum Gasteiger partial charge on any atom is -0.478 e. The molecule has 3 aromatic heterocycles. The molecule has 3 heterocycles. The zero-order valence-electron chi connectivity index (χ0n) is 14.2. The number of hydrogen-bond acceptors (Lipinski definition) is 8. The number of carboxylic acid groups (broad SMARTS) is 1. The fraction of sp³-hybridized carbons (Fsp3) is 0. The van der Waals surface area contributed by atoms with Gasteiger partial charge in [-0.2, -0.15) is 0 Å². The summed E-state index contributed by atoms with van der Waals surface area (Å²) in [5.41, 5.74) is 4.14. The monoisotopic (exact) mass is 392 g/mol. The Morgan fingerprint density at radius 2 is 1.93 bits per heavy atom. The number of aromatic nitrogens is 4. The molecule has 0 bridgehead atoms. The summed E-state index contributed by atoms with van der Waals surface area (Å²) in [5, 5.41) is 15.0. The van der Waals surface area contributed by atoms with Gasteiger partial charge in [0.25, 0.3) is 0 Å². The van der Waals surface area contributed by atoms with Crippen LogP contribution in [0, 0.1) is 0 Å². The van der Waals surface area contributed by atoms with Crippen molar-refractivity contribution in [1.29, 1.82) is 0 Å². The van der Waals surface area contributed by atoms with Crippen molar-refractivity contribution in [3.05, 3.63) is 54.5 Å². The fourth-order valence-corrected chi connectivity index (χ4v) is 3.23. The normalized spacial score (nSPS) is 11.1. The highest BCUT2D eigenvalue weighted by molar-refractivity contribution is 7.16. The van der Waals surface area contributed by atoms with E-state index in [4.69, 9.17) is 5.11 Å². The number of anilines is 3. The lowest BCUT2D eigenvalue weighted by atomic mass is 10.2. The molecule has 4 rings (SSSR count). The molecule has 0 saturated carbocycles. The average Bonchev–Trinajstić information content (AvgIpc) is 3.15.